The number of hydrogen-bond donors (Lipinski definition) is 1. The van der Waals surface area contributed by atoms with E-state index in [4.69, 9.17) is 23.2 Å². The summed E-state index contributed by atoms with van der Waals surface area (Å²) in [4.78, 5) is 0. The summed E-state index contributed by atoms with van der Waals surface area (Å²) >= 11 is 15.6. The van der Waals surface area contributed by atoms with Crippen LogP contribution in [-0.4, -0.2) is 6.04 Å². The van der Waals surface area contributed by atoms with Gasteiger partial charge in [-0.15, -0.1) is 0 Å². The van der Waals surface area contributed by atoms with Gasteiger partial charge in [0.1, 0.15) is 0 Å². The number of rotatable bonds is 2. The maximum atomic E-state index is 6.14. The SMILES string of the molecule is Clc1cc(Br)cc(Cl)c1NC1CCCC1. The van der Waals surface area contributed by atoms with Gasteiger partial charge in [-0.05, 0) is 25.0 Å². The second-order valence-corrected chi connectivity index (χ2v) is 5.60. The van der Waals surface area contributed by atoms with Crippen molar-refractivity contribution in [1.29, 1.82) is 0 Å². The van der Waals surface area contributed by atoms with Crippen LogP contribution in [0.4, 0.5) is 5.69 Å². The second-order valence-electron chi connectivity index (χ2n) is 3.87. The van der Waals surface area contributed by atoms with Gasteiger partial charge in [0.15, 0.2) is 0 Å². The lowest BCUT2D eigenvalue weighted by Crippen LogP contribution is -2.15. The molecular formula is C11H12BrCl2N. The van der Waals surface area contributed by atoms with Crippen LogP contribution < -0.4 is 5.32 Å². The van der Waals surface area contributed by atoms with E-state index in [2.05, 4.69) is 21.2 Å². The Hall–Kier alpha value is 0.0800. The minimum atomic E-state index is 0.529. The Labute approximate surface area is 108 Å². The fourth-order valence-corrected chi connectivity index (χ4v) is 3.27. The van der Waals surface area contributed by atoms with Crippen molar-refractivity contribution in [2.45, 2.75) is 31.7 Å². The molecule has 0 heterocycles. The molecule has 1 fully saturated rings. The molecule has 1 aromatic carbocycles. The highest BCUT2D eigenvalue weighted by molar-refractivity contribution is 9.10. The van der Waals surface area contributed by atoms with Crippen molar-refractivity contribution in [3.8, 4) is 0 Å². The molecule has 0 saturated heterocycles. The van der Waals surface area contributed by atoms with Crippen molar-refractivity contribution in [3.05, 3.63) is 26.7 Å². The average molecular weight is 309 g/mol. The summed E-state index contributed by atoms with van der Waals surface area (Å²) in [6.07, 6.45) is 5.01. The molecular weight excluding hydrogens is 297 g/mol. The molecule has 15 heavy (non-hydrogen) atoms. The first-order chi connectivity index (χ1) is 7.16. The Morgan fingerprint density at radius 2 is 1.67 bits per heavy atom. The summed E-state index contributed by atoms with van der Waals surface area (Å²) < 4.78 is 0.912. The van der Waals surface area contributed by atoms with Gasteiger partial charge in [-0.1, -0.05) is 52.0 Å². The van der Waals surface area contributed by atoms with Gasteiger partial charge in [0.2, 0.25) is 0 Å². The minimum Gasteiger partial charge on any atom is -0.380 e. The zero-order valence-electron chi connectivity index (χ0n) is 8.19. The van der Waals surface area contributed by atoms with E-state index in [1.165, 1.54) is 25.7 Å². The maximum absolute atomic E-state index is 6.14. The van der Waals surface area contributed by atoms with E-state index in [-0.39, 0.29) is 0 Å². The molecule has 1 nitrogen and oxygen atoms in total. The highest BCUT2D eigenvalue weighted by Crippen LogP contribution is 2.35. The zero-order chi connectivity index (χ0) is 10.8. The van der Waals surface area contributed by atoms with Crippen LogP contribution in [0.25, 0.3) is 0 Å². The van der Waals surface area contributed by atoms with E-state index in [1.807, 2.05) is 12.1 Å². The van der Waals surface area contributed by atoms with Gasteiger partial charge in [-0.25, -0.2) is 0 Å². The Bertz CT molecular complexity index is 339. The molecule has 0 unspecified atom stereocenters. The molecule has 1 N–H and O–H groups in total. The molecule has 82 valence electrons. The zero-order valence-corrected chi connectivity index (χ0v) is 11.3. The predicted octanol–water partition coefficient (Wildman–Crippen LogP) is 5.11. The third-order valence-electron chi connectivity index (χ3n) is 2.71. The van der Waals surface area contributed by atoms with E-state index in [1.54, 1.807) is 0 Å². The molecule has 0 aromatic heterocycles. The van der Waals surface area contributed by atoms with Crippen molar-refractivity contribution in [2.75, 3.05) is 5.32 Å². The van der Waals surface area contributed by atoms with Crippen LogP contribution in [0, 0.1) is 0 Å². The predicted molar refractivity (Wildman–Crippen MR) is 70.0 cm³/mol. The largest absolute Gasteiger partial charge is 0.380 e. The molecule has 0 aliphatic heterocycles. The first kappa shape index (κ1) is 11.6. The first-order valence-corrected chi connectivity index (χ1v) is 6.63. The van der Waals surface area contributed by atoms with Gasteiger partial charge in [-0.2, -0.15) is 0 Å². The Kier molecular flexibility index (Phi) is 3.81. The quantitative estimate of drug-likeness (QED) is 0.800. The van der Waals surface area contributed by atoms with Gasteiger partial charge < -0.3 is 5.32 Å². The summed E-state index contributed by atoms with van der Waals surface area (Å²) in [5.74, 6) is 0. The van der Waals surface area contributed by atoms with Crippen LogP contribution in [0.3, 0.4) is 0 Å². The molecule has 0 radical (unpaired) electrons. The summed E-state index contributed by atoms with van der Waals surface area (Å²) in [7, 11) is 0. The van der Waals surface area contributed by atoms with E-state index >= 15 is 0 Å². The van der Waals surface area contributed by atoms with Crippen LogP contribution >= 0.6 is 39.1 Å². The van der Waals surface area contributed by atoms with E-state index < -0.39 is 0 Å². The minimum absolute atomic E-state index is 0.529. The second kappa shape index (κ2) is 4.94. The van der Waals surface area contributed by atoms with Crippen LogP contribution in [0.1, 0.15) is 25.7 Å². The molecule has 0 bridgehead atoms. The van der Waals surface area contributed by atoms with Gasteiger partial charge in [0.05, 0.1) is 15.7 Å². The van der Waals surface area contributed by atoms with Gasteiger partial charge in [0, 0.05) is 10.5 Å². The third-order valence-corrected chi connectivity index (χ3v) is 3.76. The summed E-state index contributed by atoms with van der Waals surface area (Å²) in [5, 5.41) is 4.78. The summed E-state index contributed by atoms with van der Waals surface area (Å²) in [5.41, 5.74) is 0.869. The lowest BCUT2D eigenvalue weighted by molar-refractivity contribution is 0.755. The van der Waals surface area contributed by atoms with Gasteiger partial charge in [-0.3, -0.25) is 0 Å². The maximum Gasteiger partial charge on any atom is 0.0721 e. The molecule has 4 heteroatoms. The lowest BCUT2D eigenvalue weighted by Gasteiger charge is -2.16. The standard InChI is InChI=1S/C11H12BrCl2N/c12-7-5-9(13)11(10(14)6-7)15-8-3-1-2-4-8/h5-6,8,15H,1-4H2. The molecule has 0 spiro atoms. The third kappa shape index (κ3) is 2.80. The van der Waals surface area contributed by atoms with Crippen LogP contribution in [0.5, 0.6) is 0 Å². The lowest BCUT2D eigenvalue weighted by atomic mass is 10.2. The van der Waals surface area contributed by atoms with Crippen molar-refractivity contribution in [1.82, 2.24) is 0 Å². The molecule has 0 amide bonds. The number of nitrogens with one attached hydrogen (secondary N) is 1. The Morgan fingerprint density at radius 3 is 2.20 bits per heavy atom. The Morgan fingerprint density at radius 1 is 1.13 bits per heavy atom. The molecule has 1 aromatic rings. The van der Waals surface area contributed by atoms with E-state index in [0.29, 0.717) is 16.1 Å². The van der Waals surface area contributed by atoms with Gasteiger partial charge >= 0.3 is 0 Å². The highest BCUT2D eigenvalue weighted by atomic mass is 79.9. The molecule has 2 rings (SSSR count). The van der Waals surface area contributed by atoms with Crippen LogP contribution in [-0.2, 0) is 0 Å². The van der Waals surface area contributed by atoms with Gasteiger partial charge in [0.25, 0.3) is 0 Å². The monoisotopic (exact) mass is 307 g/mol. The molecule has 1 aliphatic rings. The van der Waals surface area contributed by atoms with Crippen molar-refractivity contribution in [2.24, 2.45) is 0 Å². The number of benzene rings is 1. The molecule has 1 aliphatic carbocycles. The molecule has 0 atom stereocenters. The molecule has 1 saturated carbocycles. The highest BCUT2D eigenvalue weighted by Gasteiger charge is 2.17. The van der Waals surface area contributed by atoms with E-state index in [0.717, 1.165) is 10.2 Å². The Balaban J connectivity index is 2.19. The first-order valence-electron chi connectivity index (χ1n) is 5.08. The fourth-order valence-electron chi connectivity index (χ4n) is 1.95. The van der Waals surface area contributed by atoms with E-state index in [9.17, 15) is 0 Å². The average Bonchev–Trinajstić information content (AvgIpc) is 2.63. The number of halogens is 3. The summed E-state index contributed by atoms with van der Waals surface area (Å²) in [6, 6.07) is 4.26. The van der Waals surface area contributed by atoms with Crippen molar-refractivity contribution >= 4 is 44.8 Å². The fraction of sp³-hybridized carbons (Fsp3) is 0.455. The normalized spacial score (nSPS) is 17.0. The van der Waals surface area contributed by atoms with Crippen molar-refractivity contribution < 1.29 is 0 Å². The number of anilines is 1. The topological polar surface area (TPSA) is 12.0 Å². The van der Waals surface area contributed by atoms with Crippen LogP contribution in [0.2, 0.25) is 10.0 Å². The number of hydrogen-bond acceptors (Lipinski definition) is 1. The van der Waals surface area contributed by atoms with Crippen molar-refractivity contribution in [3.63, 3.8) is 0 Å². The van der Waals surface area contributed by atoms with Crippen LogP contribution in [0.15, 0.2) is 16.6 Å². The smallest absolute Gasteiger partial charge is 0.0721 e. The summed E-state index contributed by atoms with van der Waals surface area (Å²) in [6.45, 7) is 0.